The van der Waals surface area contributed by atoms with E-state index in [2.05, 4.69) is 179 Å². The maximum atomic E-state index is 12.8. The van der Waals surface area contributed by atoms with E-state index in [0.717, 1.165) is 135 Å². The van der Waals surface area contributed by atoms with Crippen molar-refractivity contribution in [1.29, 1.82) is 0 Å². The van der Waals surface area contributed by atoms with Crippen molar-refractivity contribution in [3.05, 3.63) is 158 Å². The zero-order valence-corrected chi connectivity index (χ0v) is 48.0. The molecule has 0 saturated carbocycles. The van der Waals surface area contributed by atoms with Crippen LogP contribution in [0.25, 0.3) is 0 Å². The van der Waals surface area contributed by atoms with E-state index in [-0.39, 0.29) is 37.5 Å². The van der Waals surface area contributed by atoms with Crippen LogP contribution in [0.2, 0.25) is 0 Å². The summed E-state index contributed by atoms with van der Waals surface area (Å²) in [4.78, 5) is 38.2. The van der Waals surface area contributed by atoms with E-state index in [0.29, 0.717) is 19.3 Å². The standard InChI is InChI=1S/C69H108O6/c1-4-7-10-13-16-19-22-25-27-29-30-31-32-33-34-35-36-37-38-40-41-44-47-50-53-56-59-62-68(71)74-65-66(64-73-67(70)61-58-55-52-49-46-43-24-21-18-15-12-9-6-3)75-69(72)63-60-57-54-51-48-45-42-39-28-26-23-20-17-14-11-8-5-2/h7-12,16-21,25-28,30-31,33-34,42-43,45-46,51,54,66H,4-6,13-15,22-24,29,32,35-41,44,47-50,52-53,55-65H2,1-3H3/b10-7-,11-8-,12-9-,19-16-,20-17-,21-18-,27-25-,28-26-,31-30-,34-33-,45-42-,46-43-,54-51-. The third kappa shape index (κ3) is 59.8. The predicted molar refractivity (Wildman–Crippen MR) is 325 cm³/mol. The van der Waals surface area contributed by atoms with Gasteiger partial charge in [0.25, 0.3) is 0 Å². The van der Waals surface area contributed by atoms with Crippen molar-refractivity contribution in [1.82, 2.24) is 0 Å². The Kier molecular flexibility index (Phi) is 57.5. The highest BCUT2D eigenvalue weighted by Crippen LogP contribution is 2.14. The topological polar surface area (TPSA) is 78.9 Å². The molecule has 420 valence electrons. The van der Waals surface area contributed by atoms with Crippen LogP contribution in [0.1, 0.15) is 239 Å². The minimum absolute atomic E-state index is 0.118. The first-order valence-electron chi connectivity index (χ1n) is 30.0. The van der Waals surface area contributed by atoms with Gasteiger partial charge >= 0.3 is 17.9 Å². The van der Waals surface area contributed by atoms with E-state index < -0.39 is 6.10 Å². The fourth-order valence-corrected chi connectivity index (χ4v) is 7.64. The summed E-state index contributed by atoms with van der Waals surface area (Å²) in [5, 5.41) is 0. The minimum Gasteiger partial charge on any atom is -0.462 e. The lowest BCUT2D eigenvalue weighted by molar-refractivity contribution is -0.167. The number of hydrogen-bond acceptors (Lipinski definition) is 6. The molecule has 0 bridgehead atoms. The Balaban J connectivity index is 4.41. The zero-order chi connectivity index (χ0) is 54.3. The normalized spacial score (nSPS) is 13.3. The van der Waals surface area contributed by atoms with E-state index in [9.17, 15) is 14.4 Å². The van der Waals surface area contributed by atoms with Gasteiger partial charge < -0.3 is 14.2 Å². The monoisotopic (exact) mass is 1030 g/mol. The molecule has 75 heavy (non-hydrogen) atoms. The molecule has 1 atom stereocenters. The van der Waals surface area contributed by atoms with Gasteiger partial charge in [0.05, 0.1) is 0 Å². The fourth-order valence-electron chi connectivity index (χ4n) is 7.64. The molecule has 0 aromatic rings. The third-order valence-corrected chi connectivity index (χ3v) is 12.0. The summed E-state index contributed by atoms with van der Waals surface area (Å²) < 4.78 is 16.8. The molecule has 6 nitrogen and oxygen atoms in total. The van der Waals surface area contributed by atoms with Crippen LogP contribution in [0, 0.1) is 0 Å². The molecule has 0 fully saturated rings. The lowest BCUT2D eigenvalue weighted by Gasteiger charge is -2.18. The first kappa shape index (κ1) is 70.0. The number of rotatable bonds is 52. The summed E-state index contributed by atoms with van der Waals surface area (Å²) in [5.74, 6) is -1.02. The SMILES string of the molecule is CC/C=C\C/C=C\C/C=C\C/C=C\C/C=C\CCCCCCCCCCCCCC(=O)OCC(COC(=O)CCCCC/C=C\C/C=C\C/C=C\CC)OC(=O)CCC/C=C\C/C=C\C/C=C\C/C=C\C/C=C\CC. The summed E-state index contributed by atoms with van der Waals surface area (Å²) in [6.07, 6.45) is 89.7. The number of carbonyl (C=O) groups is 3. The molecule has 0 heterocycles. The number of hydrogen-bond donors (Lipinski definition) is 0. The summed E-state index contributed by atoms with van der Waals surface area (Å²) in [5.41, 5.74) is 0. The van der Waals surface area contributed by atoms with Crippen LogP contribution in [0.15, 0.2) is 158 Å². The highest BCUT2D eigenvalue weighted by molar-refractivity contribution is 5.71. The van der Waals surface area contributed by atoms with Crippen molar-refractivity contribution in [2.75, 3.05) is 13.2 Å². The Morgan fingerprint density at radius 1 is 0.267 bits per heavy atom. The molecular formula is C69H108O6. The van der Waals surface area contributed by atoms with Gasteiger partial charge in [0.2, 0.25) is 0 Å². The zero-order valence-electron chi connectivity index (χ0n) is 48.0. The summed E-state index contributed by atoms with van der Waals surface area (Å²) in [6, 6.07) is 0. The average Bonchev–Trinajstić information content (AvgIpc) is 3.41. The number of carbonyl (C=O) groups excluding carboxylic acids is 3. The molecule has 0 spiro atoms. The van der Waals surface area contributed by atoms with Gasteiger partial charge in [-0.15, -0.1) is 0 Å². The van der Waals surface area contributed by atoms with Crippen LogP contribution in [0.5, 0.6) is 0 Å². The smallest absolute Gasteiger partial charge is 0.306 e. The van der Waals surface area contributed by atoms with Crippen molar-refractivity contribution in [3.8, 4) is 0 Å². The third-order valence-electron chi connectivity index (χ3n) is 12.0. The molecule has 0 N–H and O–H groups in total. The number of unbranched alkanes of at least 4 members (excludes halogenated alkanes) is 15. The van der Waals surface area contributed by atoms with Crippen LogP contribution in [0.3, 0.4) is 0 Å². The Morgan fingerprint density at radius 2 is 0.493 bits per heavy atom. The Bertz CT molecular complexity index is 1710. The number of allylic oxidation sites excluding steroid dienone is 26. The van der Waals surface area contributed by atoms with Crippen LogP contribution in [0.4, 0.5) is 0 Å². The van der Waals surface area contributed by atoms with Crippen LogP contribution >= 0.6 is 0 Å². The molecule has 0 aromatic carbocycles. The molecule has 0 rings (SSSR count). The molecule has 0 saturated heterocycles. The van der Waals surface area contributed by atoms with Crippen molar-refractivity contribution < 1.29 is 28.6 Å². The highest BCUT2D eigenvalue weighted by Gasteiger charge is 2.19. The minimum atomic E-state index is -0.829. The fraction of sp³-hybridized carbons (Fsp3) is 0.580. The molecule has 0 aliphatic rings. The second-order valence-electron chi connectivity index (χ2n) is 19.1. The first-order chi connectivity index (χ1) is 37.0. The van der Waals surface area contributed by atoms with Gasteiger partial charge in [-0.3, -0.25) is 14.4 Å². The molecule has 0 aliphatic carbocycles. The number of esters is 3. The van der Waals surface area contributed by atoms with Gasteiger partial charge in [-0.1, -0.05) is 243 Å². The molecule has 1 unspecified atom stereocenters. The van der Waals surface area contributed by atoms with E-state index in [1.165, 1.54) is 57.8 Å². The molecule has 0 amide bonds. The summed E-state index contributed by atoms with van der Waals surface area (Å²) >= 11 is 0. The van der Waals surface area contributed by atoms with Crippen molar-refractivity contribution in [3.63, 3.8) is 0 Å². The lowest BCUT2D eigenvalue weighted by atomic mass is 10.0. The van der Waals surface area contributed by atoms with Gasteiger partial charge in [0, 0.05) is 19.3 Å². The van der Waals surface area contributed by atoms with Gasteiger partial charge in [-0.05, 0) is 135 Å². The van der Waals surface area contributed by atoms with Crippen molar-refractivity contribution in [2.24, 2.45) is 0 Å². The maximum absolute atomic E-state index is 12.8. The quantitative estimate of drug-likeness (QED) is 0.0261. The van der Waals surface area contributed by atoms with Crippen molar-refractivity contribution in [2.45, 2.75) is 245 Å². The molecule has 0 aromatic heterocycles. The Morgan fingerprint density at radius 3 is 0.800 bits per heavy atom. The van der Waals surface area contributed by atoms with Gasteiger partial charge in [-0.25, -0.2) is 0 Å². The average molecular weight is 1030 g/mol. The largest absolute Gasteiger partial charge is 0.462 e. The van der Waals surface area contributed by atoms with Crippen LogP contribution in [-0.4, -0.2) is 37.2 Å². The predicted octanol–water partition coefficient (Wildman–Crippen LogP) is 20.5. The maximum Gasteiger partial charge on any atom is 0.306 e. The van der Waals surface area contributed by atoms with Crippen LogP contribution < -0.4 is 0 Å². The summed E-state index contributed by atoms with van der Waals surface area (Å²) in [7, 11) is 0. The van der Waals surface area contributed by atoms with Gasteiger partial charge in [-0.2, -0.15) is 0 Å². The lowest BCUT2D eigenvalue weighted by Crippen LogP contribution is -2.30. The second kappa shape index (κ2) is 61.6. The Hall–Kier alpha value is -4.97. The molecule has 6 heteroatoms. The number of ether oxygens (including phenoxy) is 3. The molecule has 0 radical (unpaired) electrons. The Labute approximate surface area is 460 Å². The van der Waals surface area contributed by atoms with E-state index >= 15 is 0 Å². The van der Waals surface area contributed by atoms with E-state index in [1.54, 1.807) is 0 Å². The van der Waals surface area contributed by atoms with Gasteiger partial charge in [0.1, 0.15) is 13.2 Å². The first-order valence-corrected chi connectivity index (χ1v) is 30.0. The molecular weight excluding hydrogens is 925 g/mol. The van der Waals surface area contributed by atoms with Crippen LogP contribution in [-0.2, 0) is 28.6 Å². The highest BCUT2D eigenvalue weighted by atomic mass is 16.6. The second-order valence-corrected chi connectivity index (χ2v) is 19.1. The van der Waals surface area contributed by atoms with E-state index in [1.807, 2.05) is 0 Å². The summed E-state index contributed by atoms with van der Waals surface area (Å²) in [6.45, 7) is 6.21. The van der Waals surface area contributed by atoms with E-state index in [4.69, 9.17) is 14.2 Å². The van der Waals surface area contributed by atoms with Gasteiger partial charge in [0.15, 0.2) is 6.10 Å². The molecule has 0 aliphatic heterocycles. The van der Waals surface area contributed by atoms with Crippen molar-refractivity contribution >= 4 is 17.9 Å².